The van der Waals surface area contributed by atoms with E-state index in [0.29, 0.717) is 6.04 Å². The molecule has 0 radical (unpaired) electrons. The number of allylic oxidation sites excluding steroid dienone is 8. The smallest absolute Gasteiger partial charge is 0.0519 e. The third-order valence-corrected chi connectivity index (χ3v) is 5.39. The highest BCUT2D eigenvalue weighted by molar-refractivity contribution is 5.78. The minimum atomic E-state index is 0.377. The van der Waals surface area contributed by atoms with Crippen molar-refractivity contribution in [3.05, 3.63) is 103 Å². The maximum atomic E-state index is 7.16. The third-order valence-electron chi connectivity index (χ3n) is 5.39. The van der Waals surface area contributed by atoms with Gasteiger partial charge in [0.2, 0.25) is 0 Å². The van der Waals surface area contributed by atoms with Gasteiger partial charge >= 0.3 is 0 Å². The SMILES string of the molecule is C=C/C=C(\C=C)c1cccc(-c2cc(C)cn2[C@@H]2C=C(C/C=C\C=N)CCC2)c1.CC. The van der Waals surface area contributed by atoms with Crippen molar-refractivity contribution in [2.75, 3.05) is 0 Å². The zero-order chi connectivity index (χ0) is 22.6. The molecule has 0 saturated carbocycles. The number of hydrogen-bond donors (Lipinski definition) is 1. The van der Waals surface area contributed by atoms with Gasteiger partial charge in [0.15, 0.2) is 0 Å². The Kier molecular flexibility index (Phi) is 9.77. The molecule has 0 saturated heterocycles. The van der Waals surface area contributed by atoms with E-state index in [-0.39, 0.29) is 0 Å². The summed E-state index contributed by atoms with van der Waals surface area (Å²) in [7, 11) is 0. The molecule has 1 heterocycles. The molecule has 1 atom stereocenters. The molecule has 0 bridgehead atoms. The number of rotatable bonds is 8. The lowest BCUT2D eigenvalue weighted by Crippen LogP contribution is -2.11. The van der Waals surface area contributed by atoms with Crippen molar-refractivity contribution in [2.45, 2.75) is 52.5 Å². The Balaban J connectivity index is 0.00000166. The van der Waals surface area contributed by atoms with Crippen LogP contribution in [0.1, 0.15) is 56.7 Å². The van der Waals surface area contributed by atoms with E-state index < -0.39 is 0 Å². The summed E-state index contributed by atoms with van der Waals surface area (Å²) in [5, 5.41) is 7.16. The normalized spacial score (nSPS) is 16.3. The Morgan fingerprint density at radius 3 is 2.74 bits per heavy atom. The molecular weight excluding hydrogens is 376 g/mol. The van der Waals surface area contributed by atoms with Crippen molar-refractivity contribution in [3.8, 4) is 11.3 Å². The Labute approximate surface area is 188 Å². The van der Waals surface area contributed by atoms with Gasteiger partial charge in [-0.15, -0.1) is 0 Å². The second-order valence-electron chi connectivity index (χ2n) is 7.54. The van der Waals surface area contributed by atoms with Gasteiger partial charge < -0.3 is 9.98 Å². The molecule has 162 valence electrons. The lowest BCUT2D eigenvalue weighted by atomic mass is 9.93. The summed E-state index contributed by atoms with van der Waals surface area (Å²) in [5.74, 6) is 0. The van der Waals surface area contributed by atoms with Crippen molar-refractivity contribution < 1.29 is 0 Å². The summed E-state index contributed by atoms with van der Waals surface area (Å²) < 4.78 is 2.43. The van der Waals surface area contributed by atoms with Crippen LogP contribution in [0.3, 0.4) is 0 Å². The molecule has 0 fully saturated rings. The maximum Gasteiger partial charge on any atom is 0.0519 e. The number of hydrogen-bond acceptors (Lipinski definition) is 1. The van der Waals surface area contributed by atoms with Gasteiger partial charge in [-0.3, -0.25) is 0 Å². The molecule has 2 heteroatoms. The highest BCUT2D eigenvalue weighted by Crippen LogP contribution is 2.34. The number of nitrogens with zero attached hydrogens (tertiary/aromatic N) is 1. The van der Waals surface area contributed by atoms with Crippen molar-refractivity contribution in [1.29, 1.82) is 5.41 Å². The highest BCUT2D eigenvalue weighted by Gasteiger charge is 2.18. The molecule has 1 aromatic carbocycles. The van der Waals surface area contributed by atoms with E-state index in [0.717, 1.165) is 30.4 Å². The summed E-state index contributed by atoms with van der Waals surface area (Å²) in [6.07, 6.45) is 20.1. The van der Waals surface area contributed by atoms with Gasteiger partial charge in [-0.05, 0) is 73.1 Å². The van der Waals surface area contributed by atoms with Gasteiger partial charge in [-0.2, -0.15) is 0 Å². The molecule has 0 spiro atoms. The van der Waals surface area contributed by atoms with E-state index >= 15 is 0 Å². The molecule has 3 rings (SSSR count). The van der Waals surface area contributed by atoms with Crippen LogP contribution in [0, 0.1) is 12.3 Å². The van der Waals surface area contributed by atoms with Crippen LogP contribution in [0.25, 0.3) is 16.8 Å². The number of nitrogens with one attached hydrogen (secondary N) is 1. The largest absolute Gasteiger partial charge is 0.340 e. The lowest BCUT2D eigenvalue weighted by molar-refractivity contribution is 0.509. The molecule has 1 aliphatic carbocycles. The van der Waals surface area contributed by atoms with E-state index in [2.05, 4.69) is 73.3 Å². The predicted molar refractivity (Wildman–Crippen MR) is 138 cm³/mol. The second kappa shape index (κ2) is 12.5. The second-order valence-corrected chi connectivity index (χ2v) is 7.54. The Hall–Kier alpha value is -3.13. The van der Waals surface area contributed by atoms with Gasteiger partial charge in [-0.1, -0.05) is 81.2 Å². The molecule has 1 aromatic heterocycles. The van der Waals surface area contributed by atoms with Crippen molar-refractivity contribution in [3.63, 3.8) is 0 Å². The Morgan fingerprint density at radius 2 is 2.03 bits per heavy atom. The van der Waals surface area contributed by atoms with Crippen molar-refractivity contribution >= 4 is 11.8 Å². The molecule has 1 N–H and O–H groups in total. The zero-order valence-electron chi connectivity index (χ0n) is 19.3. The van der Waals surface area contributed by atoms with E-state index in [1.165, 1.54) is 35.0 Å². The minimum Gasteiger partial charge on any atom is -0.340 e. The first-order chi connectivity index (χ1) is 15.2. The Morgan fingerprint density at radius 1 is 1.23 bits per heavy atom. The van der Waals surface area contributed by atoms with Crippen LogP contribution >= 0.6 is 0 Å². The minimum absolute atomic E-state index is 0.377. The van der Waals surface area contributed by atoms with E-state index in [4.69, 9.17) is 5.41 Å². The first-order valence-corrected chi connectivity index (χ1v) is 11.3. The number of aromatic nitrogens is 1. The fraction of sp³-hybridized carbons (Fsp3) is 0.276. The monoisotopic (exact) mass is 412 g/mol. The summed E-state index contributed by atoms with van der Waals surface area (Å²) in [6, 6.07) is 11.3. The number of aryl methyl sites for hydroxylation is 1. The van der Waals surface area contributed by atoms with Gasteiger partial charge in [0, 0.05) is 18.1 Å². The van der Waals surface area contributed by atoms with Gasteiger partial charge in [0.25, 0.3) is 0 Å². The number of benzene rings is 1. The average Bonchev–Trinajstić information content (AvgIpc) is 3.21. The maximum absolute atomic E-state index is 7.16. The van der Waals surface area contributed by atoms with Crippen LogP contribution in [0.4, 0.5) is 0 Å². The molecular formula is C29H36N2. The predicted octanol–water partition coefficient (Wildman–Crippen LogP) is 8.49. The van der Waals surface area contributed by atoms with Gasteiger partial charge in [0.05, 0.1) is 6.04 Å². The quantitative estimate of drug-likeness (QED) is 0.256. The van der Waals surface area contributed by atoms with Crippen LogP contribution in [-0.4, -0.2) is 10.8 Å². The third kappa shape index (κ3) is 6.42. The average molecular weight is 413 g/mol. The van der Waals surface area contributed by atoms with Crippen LogP contribution < -0.4 is 0 Å². The van der Waals surface area contributed by atoms with Crippen molar-refractivity contribution in [2.24, 2.45) is 0 Å². The molecule has 31 heavy (non-hydrogen) atoms. The molecule has 2 aromatic rings. The van der Waals surface area contributed by atoms with E-state index in [1.54, 1.807) is 6.08 Å². The first-order valence-electron chi connectivity index (χ1n) is 11.3. The fourth-order valence-electron chi connectivity index (χ4n) is 4.04. The van der Waals surface area contributed by atoms with Crippen LogP contribution in [-0.2, 0) is 0 Å². The Bertz CT molecular complexity index is 982. The standard InChI is InChI=1S/C27H30N2.C2H6/c1-4-10-23(5-2)24-13-9-14-25(19-24)27-17-21(3)20-29(27)26-15-8-12-22(18-26)11-6-7-16-28;1-2/h4-7,9-10,13-14,16-20,26,28H,1-2,8,11-12,15H2,3H3;1-2H3/b7-6-,23-10+,28-16?;/t26-;/m0./s1. The van der Waals surface area contributed by atoms with Crippen LogP contribution in [0.15, 0.2) is 91.7 Å². The summed E-state index contributed by atoms with van der Waals surface area (Å²) in [5.41, 5.74) is 7.45. The topological polar surface area (TPSA) is 28.8 Å². The van der Waals surface area contributed by atoms with Gasteiger partial charge in [0.1, 0.15) is 0 Å². The molecule has 0 unspecified atom stereocenters. The van der Waals surface area contributed by atoms with E-state index in [9.17, 15) is 0 Å². The van der Waals surface area contributed by atoms with Crippen LogP contribution in [0.2, 0.25) is 0 Å². The molecule has 2 nitrogen and oxygen atoms in total. The summed E-state index contributed by atoms with van der Waals surface area (Å²) in [6.45, 7) is 13.9. The van der Waals surface area contributed by atoms with Crippen LogP contribution in [0.5, 0.6) is 0 Å². The summed E-state index contributed by atoms with van der Waals surface area (Å²) in [4.78, 5) is 0. The highest BCUT2D eigenvalue weighted by atomic mass is 15.0. The molecule has 1 aliphatic rings. The van der Waals surface area contributed by atoms with Crippen molar-refractivity contribution in [1.82, 2.24) is 4.57 Å². The molecule has 0 amide bonds. The lowest BCUT2D eigenvalue weighted by Gasteiger charge is -2.24. The van der Waals surface area contributed by atoms with E-state index in [1.807, 2.05) is 32.1 Å². The zero-order valence-corrected chi connectivity index (χ0v) is 19.3. The van der Waals surface area contributed by atoms with Gasteiger partial charge in [-0.25, -0.2) is 0 Å². The molecule has 0 aliphatic heterocycles. The fourth-order valence-corrected chi connectivity index (χ4v) is 4.04. The first kappa shape index (κ1) is 24.1. The summed E-state index contributed by atoms with van der Waals surface area (Å²) >= 11 is 0.